The molecule has 3 N–H and O–H groups in total. The Morgan fingerprint density at radius 1 is 1.60 bits per heavy atom. The normalized spacial score (nSPS) is 19.8. The zero-order chi connectivity index (χ0) is 14.5. The van der Waals surface area contributed by atoms with E-state index < -0.39 is 0 Å². The van der Waals surface area contributed by atoms with Crippen molar-refractivity contribution in [1.82, 2.24) is 5.32 Å². The number of benzene rings is 1. The fourth-order valence-corrected chi connectivity index (χ4v) is 2.34. The van der Waals surface area contributed by atoms with Gasteiger partial charge in [0.2, 0.25) is 0 Å². The van der Waals surface area contributed by atoms with Crippen LogP contribution in [0.1, 0.15) is 30.1 Å². The monoisotopic (exact) mass is 278 g/mol. The van der Waals surface area contributed by atoms with E-state index in [1.807, 2.05) is 6.92 Å². The summed E-state index contributed by atoms with van der Waals surface area (Å²) in [4.78, 5) is 12.3. The molecule has 0 saturated carbocycles. The van der Waals surface area contributed by atoms with Crippen LogP contribution >= 0.6 is 0 Å². The lowest BCUT2D eigenvalue weighted by Gasteiger charge is -2.16. The molecule has 2 unspecified atom stereocenters. The van der Waals surface area contributed by atoms with E-state index in [2.05, 4.69) is 5.32 Å². The van der Waals surface area contributed by atoms with Gasteiger partial charge >= 0.3 is 0 Å². The van der Waals surface area contributed by atoms with Crippen molar-refractivity contribution in [2.24, 2.45) is 0 Å². The van der Waals surface area contributed by atoms with Crippen LogP contribution in [0, 0.1) is 0 Å². The summed E-state index contributed by atoms with van der Waals surface area (Å²) < 4.78 is 10.6. The number of nitrogens with one attached hydrogen (secondary N) is 1. The van der Waals surface area contributed by atoms with Crippen molar-refractivity contribution in [3.63, 3.8) is 0 Å². The van der Waals surface area contributed by atoms with Gasteiger partial charge in [-0.2, -0.15) is 0 Å². The highest BCUT2D eigenvalue weighted by molar-refractivity contribution is 6.00. The number of Topliss-reactive ketones (excluding diaryl/α,β-unsaturated/α-hetero) is 1. The number of hydrogen-bond donors (Lipinski definition) is 2. The number of ketones is 1. The number of hydrogen-bond acceptors (Lipinski definition) is 5. The molecule has 0 amide bonds. The molecule has 1 fully saturated rings. The average Bonchev–Trinajstić information content (AvgIpc) is 2.97. The third kappa shape index (κ3) is 3.49. The van der Waals surface area contributed by atoms with E-state index >= 15 is 0 Å². The van der Waals surface area contributed by atoms with Gasteiger partial charge in [0.15, 0.2) is 5.78 Å². The number of rotatable bonds is 6. The molecule has 1 saturated heterocycles. The summed E-state index contributed by atoms with van der Waals surface area (Å²) in [6, 6.07) is 4.86. The molecule has 0 bridgehead atoms. The van der Waals surface area contributed by atoms with Crippen LogP contribution in [0.3, 0.4) is 0 Å². The van der Waals surface area contributed by atoms with Gasteiger partial charge in [0.05, 0.1) is 24.9 Å². The molecule has 1 aromatic carbocycles. The second-order valence-corrected chi connectivity index (χ2v) is 5.09. The van der Waals surface area contributed by atoms with Crippen molar-refractivity contribution in [3.05, 3.63) is 23.8 Å². The molecule has 5 heteroatoms. The quantitative estimate of drug-likeness (QED) is 0.611. The van der Waals surface area contributed by atoms with Crippen molar-refractivity contribution < 1.29 is 14.3 Å². The number of methoxy groups -OCH3 is 1. The van der Waals surface area contributed by atoms with E-state index in [1.165, 1.54) is 0 Å². The Morgan fingerprint density at radius 2 is 2.40 bits per heavy atom. The van der Waals surface area contributed by atoms with Crippen LogP contribution in [0.2, 0.25) is 0 Å². The van der Waals surface area contributed by atoms with Gasteiger partial charge < -0.3 is 20.5 Å². The minimum absolute atomic E-state index is 0.0253. The maximum atomic E-state index is 12.3. The molecule has 0 aliphatic carbocycles. The Balaban J connectivity index is 1.93. The predicted octanol–water partition coefficient (Wildman–Crippen LogP) is 1.62. The van der Waals surface area contributed by atoms with Crippen molar-refractivity contribution in [1.29, 1.82) is 0 Å². The Labute approximate surface area is 119 Å². The van der Waals surface area contributed by atoms with Gasteiger partial charge in [-0.15, -0.1) is 0 Å². The van der Waals surface area contributed by atoms with Crippen molar-refractivity contribution in [2.75, 3.05) is 26.0 Å². The van der Waals surface area contributed by atoms with Gasteiger partial charge in [-0.25, -0.2) is 0 Å². The van der Waals surface area contributed by atoms with Crippen LogP contribution in [-0.4, -0.2) is 38.2 Å². The minimum atomic E-state index is -0.257. The molecular weight excluding hydrogens is 256 g/mol. The Bertz CT molecular complexity index is 470. The number of nitrogens with two attached hydrogens (primary N) is 1. The Morgan fingerprint density at radius 3 is 3.00 bits per heavy atom. The average molecular weight is 278 g/mol. The van der Waals surface area contributed by atoms with Crippen LogP contribution in [0.25, 0.3) is 0 Å². The first-order valence-electron chi connectivity index (χ1n) is 6.94. The first kappa shape index (κ1) is 14.8. The first-order valence-corrected chi connectivity index (χ1v) is 6.94. The van der Waals surface area contributed by atoms with Crippen molar-refractivity contribution >= 4 is 11.5 Å². The van der Waals surface area contributed by atoms with Gasteiger partial charge in [0.1, 0.15) is 5.75 Å². The van der Waals surface area contributed by atoms with E-state index in [9.17, 15) is 4.79 Å². The van der Waals surface area contributed by atoms with Crippen LogP contribution < -0.4 is 15.8 Å². The molecule has 110 valence electrons. The number of carbonyl (C=O) groups is 1. The third-order valence-corrected chi connectivity index (χ3v) is 3.58. The fourth-order valence-electron chi connectivity index (χ4n) is 2.34. The summed E-state index contributed by atoms with van der Waals surface area (Å²) in [5, 5.41) is 3.22. The predicted molar refractivity (Wildman–Crippen MR) is 78.2 cm³/mol. The van der Waals surface area contributed by atoms with Gasteiger partial charge in [-0.1, -0.05) is 0 Å². The van der Waals surface area contributed by atoms with Crippen LogP contribution in [0.5, 0.6) is 5.75 Å². The van der Waals surface area contributed by atoms with Gasteiger partial charge in [0.25, 0.3) is 0 Å². The van der Waals surface area contributed by atoms with Gasteiger partial charge in [-0.3, -0.25) is 4.79 Å². The molecule has 0 spiro atoms. The lowest BCUT2D eigenvalue weighted by atomic mass is 10.0. The summed E-state index contributed by atoms with van der Waals surface area (Å²) in [6.07, 6.45) is 2.39. The molecule has 1 heterocycles. The standard InChI is InChI=1S/C15H22N2O3/c1-10(17-9-12-4-3-7-20-12)15(18)11-5-6-14(19-2)13(16)8-11/h5-6,8,10,12,17H,3-4,7,9,16H2,1-2H3. The lowest BCUT2D eigenvalue weighted by molar-refractivity contribution is 0.0902. The Hall–Kier alpha value is -1.59. The van der Waals surface area contributed by atoms with Crippen LogP contribution in [0.4, 0.5) is 5.69 Å². The number of nitrogen functional groups attached to an aromatic ring is 1. The fraction of sp³-hybridized carbons (Fsp3) is 0.533. The van der Waals surface area contributed by atoms with E-state index in [0.717, 1.165) is 19.4 Å². The van der Waals surface area contributed by atoms with Crippen LogP contribution in [-0.2, 0) is 4.74 Å². The molecule has 1 aliphatic heterocycles. The van der Waals surface area contributed by atoms with E-state index in [1.54, 1.807) is 25.3 Å². The highest BCUT2D eigenvalue weighted by Gasteiger charge is 2.20. The van der Waals surface area contributed by atoms with Crippen molar-refractivity contribution in [3.8, 4) is 5.75 Å². The zero-order valence-electron chi connectivity index (χ0n) is 12.0. The summed E-state index contributed by atoms with van der Waals surface area (Å²) in [5.41, 5.74) is 6.90. The molecule has 0 aromatic heterocycles. The molecule has 2 atom stereocenters. The molecular formula is C15H22N2O3. The highest BCUT2D eigenvalue weighted by atomic mass is 16.5. The largest absolute Gasteiger partial charge is 0.495 e. The number of anilines is 1. The molecule has 2 rings (SSSR count). The molecule has 5 nitrogen and oxygen atoms in total. The summed E-state index contributed by atoms with van der Waals surface area (Å²) in [5.74, 6) is 0.610. The molecule has 1 aliphatic rings. The van der Waals surface area contributed by atoms with Crippen LogP contribution in [0.15, 0.2) is 18.2 Å². The van der Waals surface area contributed by atoms with E-state index in [-0.39, 0.29) is 17.9 Å². The number of carbonyl (C=O) groups excluding carboxylic acids is 1. The third-order valence-electron chi connectivity index (χ3n) is 3.58. The Kier molecular flexibility index (Phi) is 4.98. The zero-order valence-corrected chi connectivity index (χ0v) is 12.0. The topological polar surface area (TPSA) is 73.6 Å². The molecule has 0 radical (unpaired) electrons. The smallest absolute Gasteiger partial charge is 0.179 e. The summed E-state index contributed by atoms with van der Waals surface area (Å²) in [7, 11) is 1.55. The van der Waals surface area contributed by atoms with E-state index in [0.29, 0.717) is 23.5 Å². The SMILES string of the molecule is COc1ccc(C(=O)C(C)NCC2CCCO2)cc1N. The second kappa shape index (κ2) is 6.72. The summed E-state index contributed by atoms with van der Waals surface area (Å²) >= 11 is 0. The van der Waals surface area contributed by atoms with E-state index in [4.69, 9.17) is 15.2 Å². The van der Waals surface area contributed by atoms with Crippen molar-refractivity contribution in [2.45, 2.75) is 31.9 Å². The summed E-state index contributed by atoms with van der Waals surface area (Å²) in [6.45, 7) is 3.39. The lowest BCUT2D eigenvalue weighted by Crippen LogP contribution is -2.38. The van der Waals surface area contributed by atoms with Gasteiger partial charge in [0, 0.05) is 18.7 Å². The van der Waals surface area contributed by atoms with Gasteiger partial charge in [-0.05, 0) is 38.0 Å². The highest BCUT2D eigenvalue weighted by Crippen LogP contribution is 2.22. The first-order chi connectivity index (χ1) is 9.61. The minimum Gasteiger partial charge on any atom is -0.495 e. The molecule has 20 heavy (non-hydrogen) atoms. The second-order valence-electron chi connectivity index (χ2n) is 5.09. The maximum Gasteiger partial charge on any atom is 0.179 e. The molecule has 1 aromatic rings. The number of ether oxygens (including phenoxy) is 2. The maximum absolute atomic E-state index is 12.3.